The fraction of sp³-hybridized carbons (Fsp3) is 0.0333. The van der Waals surface area contributed by atoms with Gasteiger partial charge in [-0.05, 0) is 47.5 Å². The molecule has 0 aliphatic heterocycles. The van der Waals surface area contributed by atoms with Gasteiger partial charge in [-0.2, -0.15) is 9.49 Å². The SMILES string of the molecule is Fc1ccc(-c2cncc3[nH]c(-c4n[nH]c5ccc(-c6cncc(OCc7ccccc7)c6)cc45)cc23)s1. The van der Waals surface area contributed by atoms with Crippen LogP contribution in [0.3, 0.4) is 0 Å². The van der Waals surface area contributed by atoms with E-state index in [0.29, 0.717) is 12.4 Å². The van der Waals surface area contributed by atoms with E-state index in [4.69, 9.17) is 4.74 Å². The summed E-state index contributed by atoms with van der Waals surface area (Å²) in [6.07, 6.45) is 7.10. The number of hydrogen-bond acceptors (Lipinski definition) is 5. The second-order valence-corrected chi connectivity index (χ2v) is 9.99. The van der Waals surface area contributed by atoms with Crippen molar-refractivity contribution in [3.63, 3.8) is 0 Å². The summed E-state index contributed by atoms with van der Waals surface area (Å²) in [7, 11) is 0. The molecule has 5 aromatic heterocycles. The normalized spacial score (nSPS) is 11.4. The molecular formula is C30H20FN5OS. The first-order valence-electron chi connectivity index (χ1n) is 12.0. The van der Waals surface area contributed by atoms with E-state index in [1.165, 1.54) is 6.07 Å². The van der Waals surface area contributed by atoms with Crippen molar-refractivity contribution in [2.24, 2.45) is 0 Å². The van der Waals surface area contributed by atoms with Crippen molar-refractivity contribution in [3.8, 4) is 38.7 Å². The molecule has 0 spiro atoms. The molecule has 0 saturated heterocycles. The van der Waals surface area contributed by atoms with Gasteiger partial charge < -0.3 is 9.72 Å². The number of nitrogens with zero attached hydrogens (tertiary/aromatic N) is 3. The van der Waals surface area contributed by atoms with Gasteiger partial charge in [-0.15, -0.1) is 11.3 Å². The molecule has 5 heterocycles. The highest BCUT2D eigenvalue weighted by Crippen LogP contribution is 2.37. The van der Waals surface area contributed by atoms with Crippen LogP contribution in [0.5, 0.6) is 5.75 Å². The predicted octanol–water partition coefficient (Wildman–Crippen LogP) is 7.61. The van der Waals surface area contributed by atoms with Crippen LogP contribution < -0.4 is 4.74 Å². The van der Waals surface area contributed by atoms with Crippen LogP contribution in [0.25, 0.3) is 54.8 Å². The number of aromatic nitrogens is 5. The minimum Gasteiger partial charge on any atom is -0.487 e. The minimum atomic E-state index is -0.220. The third-order valence-electron chi connectivity index (χ3n) is 6.50. The lowest BCUT2D eigenvalue weighted by atomic mass is 10.0. The van der Waals surface area contributed by atoms with Gasteiger partial charge in [-0.1, -0.05) is 36.4 Å². The fourth-order valence-electron chi connectivity index (χ4n) is 4.63. The van der Waals surface area contributed by atoms with Crippen molar-refractivity contribution >= 4 is 33.1 Å². The van der Waals surface area contributed by atoms with Crippen molar-refractivity contribution in [1.29, 1.82) is 0 Å². The minimum absolute atomic E-state index is 0.220. The zero-order valence-corrected chi connectivity index (χ0v) is 20.8. The first-order valence-corrected chi connectivity index (χ1v) is 12.9. The quantitative estimate of drug-likeness (QED) is 0.238. The molecule has 38 heavy (non-hydrogen) atoms. The van der Waals surface area contributed by atoms with Crippen LogP contribution in [0.1, 0.15) is 5.56 Å². The monoisotopic (exact) mass is 517 g/mol. The summed E-state index contributed by atoms with van der Waals surface area (Å²) in [5.41, 5.74) is 7.38. The van der Waals surface area contributed by atoms with Crippen molar-refractivity contribution in [1.82, 2.24) is 25.1 Å². The Morgan fingerprint density at radius 3 is 2.55 bits per heavy atom. The van der Waals surface area contributed by atoms with Gasteiger partial charge in [0.25, 0.3) is 0 Å². The second-order valence-electron chi connectivity index (χ2n) is 8.95. The number of thiophene rings is 1. The molecule has 8 heteroatoms. The lowest BCUT2D eigenvalue weighted by Gasteiger charge is -2.08. The Balaban J connectivity index is 1.24. The topological polar surface area (TPSA) is 79.5 Å². The average molecular weight is 518 g/mol. The third kappa shape index (κ3) is 4.10. The summed E-state index contributed by atoms with van der Waals surface area (Å²) < 4.78 is 19.7. The maximum Gasteiger partial charge on any atom is 0.176 e. The standard InChI is InChI=1S/C30H20FN5OS/c31-29-9-8-28(38-29)24-15-33-16-27-22(24)12-26(34-27)30-23-11-19(6-7-25(23)35-36-30)20-10-21(14-32-13-20)37-17-18-4-2-1-3-5-18/h1-16,34H,17H2,(H,35,36). The Labute approximate surface area is 220 Å². The molecule has 0 bridgehead atoms. The Kier molecular flexibility index (Phi) is 5.44. The largest absolute Gasteiger partial charge is 0.487 e. The van der Waals surface area contributed by atoms with E-state index >= 15 is 0 Å². The number of H-pyrrole nitrogens is 2. The average Bonchev–Trinajstić information content (AvgIpc) is 3.70. The number of benzene rings is 2. The van der Waals surface area contributed by atoms with Crippen molar-refractivity contribution in [3.05, 3.63) is 108 Å². The molecule has 0 unspecified atom stereocenters. The number of rotatable bonds is 6. The van der Waals surface area contributed by atoms with Gasteiger partial charge >= 0.3 is 0 Å². The molecule has 0 saturated carbocycles. The smallest absolute Gasteiger partial charge is 0.176 e. The van der Waals surface area contributed by atoms with Crippen molar-refractivity contribution in [2.75, 3.05) is 0 Å². The molecule has 184 valence electrons. The molecule has 0 amide bonds. The van der Waals surface area contributed by atoms with Crippen LogP contribution in [-0.2, 0) is 6.61 Å². The molecule has 0 aliphatic rings. The van der Waals surface area contributed by atoms with E-state index < -0.39 is 0 Å². The van der Waals surface area contributed by atoms with Crippen LogP contribution in [-0.4, -0.2) is 25.1 Å². The van der Waals surface area contributed by atoms with Crippen LogP contribution in [0, 0.1) is 5.13 Å². The molecule has 7 aromatic rings. The van der Waals surface area contributed by atoms with Crippen LogP contribution in [0.15, 0.2) is 97.6 Å². The zero-order chi connectivity index (χ0) is 25.5. The highest BCUT2D eigenvalue weighted by molar-refractivity contribution is 7.14. The van der Waals surface area contributed by atoms with Gasteiger partial charge in [0, 0.05) is 39.2 Å². The number of aromatic amines is 2. The number of halogens is 1. The molecule has 0 atom stereocenters. The first kappa shape index (κ1) is 22.4. The van der Waals surface area contributed by atoms with E-state index in [2.05, 4.69) is 31.2 Å². The maximum atomic E-state index is 13.7. The Bertz CT molecular complexity index is 1910. The predicted molar refractivity (Wildman–Crippen MR) is 148 cm³/mol. The van der Waals surface area contributed by atoms with Gasteiger partial charge in [-0.3, -0.25) is 15.1 Å². The number of nitrogens with one attached hydrogen (secondary N) is 2. The Morgan fingerprint density at radius 2 is 1.68 bits per heavy atom. The third-order valence-corrected chi connectivity index (χ3v) is 7.40. The molecule has 2 aromatic carbocycles. The number of fused-ring (bicyclic) bond motifs is 2. The van der Waals surface area contributed by atoms with Gasteiger partial charge in [-0.25, -0.2) is 0 Å². The van der Waals surface area contributed by atoms with Gasteiger partial charge in [0.05, 0.1) is 29.1 Å². The summed E-state index contributed by atoms with van der Waals surface area (Å²) in [6.45, 7) is 0.478. The highest BCUT2D eigenvalue weighted by Gasteiger charge is 2.16. The van der Waals surface area contributed by atoms with E-state index in [0.717, 1.165) is 71.7 Å². The second kappa shape index (κ2) is 9.24. The van der Waals surface area contributed by atoms with Crippen molar-refractivity contribution in [2.45, 2.75) is 6.61 Å². The Morgan fingerprint density at radius 1 is 0.789 bits per heavy atom. The molecule has 0 aliphatic carbocycles. The van der Waals surface area contributed by atoms with E-state index in [1.54, 1.807) is 24.7 Å². The van der Waals surface area contributed by atoms with E-state index in [1.807, 2.05) is 60.8 Å². The summed E-state index contributed by atoms with van der Waals surface area (Å²) in [5, 5.41) is 9.47. The number of ether oxygens (including phenoxy) is 1. The molecule has 6 nitrogen and oxygen atoms in total. The van der Waals surface area contributed by atoms with Gasteiger partial charge in [0.2, 0.25) is 0 Å². The summed E-state index contributed by atoms with van der Waals surface area (Å²) >= 11 is 1.11. The first-order chi connectivity index (χ1) is 18.7. The number of hydrogen-bond donors (Lipinski definition) is 2. The van der Waals surface area contributed by atoms with Crippen LogP contribution >= 0.6 is 11.3 Å². The Hall–Kier alpha value is -4.82. The van der Waals surface area contributed by atoms with Crippen LogP contribution in [0.2, 0.25) is 0 Å². The van der Waals surface area contributed by atoms with Crippen LogP contribution in [0.4, 0.5) is 4.39 Å². The molecule has 7 rings (SSSR count). The zero-order valence-electron chi connectivity index (χ0n) is 20.0. The molecule has 0 radical (unpaired) electrons. The fourth-order valence-corrected chi connectivity index (χ4v) is 5.38. The van der Waals surface area contributed by atoms with E-state index in [9.17, 15) is 4.39 Å². The molecular weight excluding hydrogens is 497 g/mol. The molecule has 2 N–H and O–H groups in total. The van der Waals surface area contributed by atoms with Gasteiger partial charge in [0.15, 0.2) is 5.13 Å². The molecule has 0 fully saturated rings. The summed E-state index contributed by atoms with van der Waals surface area (Å²) in [6, 6.07) is 23.5. The lowest BCUT2D eigenvalue weighted by molar-refractivity contribution is 0.305. The summed E-state index contributed by atoms with van der Waals surface area (Å²) in [4.78, 5) is 13.0. The highest BCUT2D eigenvalue weighted by atomic mass is 32.1. The number of pyridine rings is 2. The summed E-state index contributed by atoms with van der Waals surface area (Å²) in [5.74, 6) is 0.708. The van der Waals surface area contributed by atoms with Gasteiger partial charge in [0.1, 0.15) is 18.1 Å². The lowest BCUT2D eigenvalue weighted by Crippen LogP contribution is -1.95. The van der Waals surface area contributed by atoms with E-state index in [-0.39, 0.29) is 5.13 Å². The maximum absolute atomic E-state index is 13.7. The van der Waals surface area contributed by atoms with Crippen molar-refractivity contribution < 1.29 is 9.13 Å².